The van der Waals surface area contributed by atoms with Crippen LogP contribution < -0.4 is 10.6 Å². The number of carbonyl (C=O) groups excluding carboxylic acids is 1. The molecule has 1 atom stereocenters. The van der Waals surface area contributed by atoms with Gasteiger partial charge in [0.05, 0.1) is 11.0 Å². The minimum atomic E-state index is -0.170. The summed E-state index contributed by atoms with van der Waals surface area (Å²) in [5, 5.41) is 7.28. The fraction of sp³-hybridized carbons (Fsp3) is 0.692. The number of rotatable bonds is 7. The second kappa shape index (κ2) is 7.48. The molecule has 102 valence electrons. The van der Waals surface area contributed by atoms with Crippen LogP contribution in [0.2, 0.25) is 0 Å². The minimum absolute atomic E-state index is 0.0592. The molecule has 1 unspecified atom stereocenters. The fourth-order valence-electron chi connectivity index (χ4n) is 1.40. The predicted molar refractivity (Wildman–Crippen MR) is 75.6 cm³/mol. The first kappa shape index (κ1) is 15.1. The summed E-state index contributed by atoms with van der Waals surface area (Å²) >= 11 is 1.70. The predicted octanol–water partition coefficient (Wildman–Crippen LogP) is 1.96. The van der Waals surface area contributed by atoms with E-state index in [1.165, 1.54) is 4.88 Å². The molecule has 0 radical (unpaired) electrons. The summed E-state index contributed by atoms with van der Waals surface area (Å²) < 4.78 is 0. The third kappa shape index (κ3) is 5.14. The van der Waals surface area contributed by atoms with E-state index in [-0.39, 0.29) is 11.9 Å². The van der Waals surface area contributed by atoms with E-state index >= 15 is 0 Å². The maximum Gasteiger partial charge on any atom is 0.236 e. The van der Waals surface area contributed by atoms with Crippen molar-refractivity contribution in [1.82, 2.24) is 15.6 Å². The van der Waals surface area contributed by atoms with Crippen LogP contribution in [0.1, 0.15) is 37.6 Å². The van der Waals surface area contributed by atoms with E-state index in [4.69, 9.17) is 0 Å². The molecule has 0 fully saturated rings. The van der Waals surface area contributed by atoms with E-state index in [0.717, 1.165) is 18.0 Å². The number of aryl methyl sites for hydroxylation is 1. The van der Waals surface area contributed by atoms with Gasteiger partial charge in [-0.05, 0) is 19.3 Å². The molecule has 18 heavy (non-hydrogen) atoms. The van der Waals surface area contributed by atoms with Crippen LogP contribution >= 0.6 is 11.3 Å². The number of aromatic nitrogens is 1. The summed E-state index contributed by atoms with van der Waals surface area (Å²) in [7, 11) is 0. The highest BCUT2D eigenvalue weighted by Gasteiger charge is 2.12. The maximum absolute atomic E-state index is 11.7. The van der Waals surface area contributed by atoms with Crippen LogP contribution in [0.25, 0.3) is 0 Å². The molecule has 0 aliphatic carbocycles. The summed E-state index contributed by atoms with van der Waals surface area (Å²) in [5.74, 6) is 0.540. The Labute approximate surface area is 113 Å². The van der Waals surface area contributed by atoms with Crippen molar-refractivity contribution < 1.29 is 4.79 Å². The summed E-state index contributed by atoms with van der Waals surface area (Å²) in [4.78, 5) is 17.2. The monoisotopic (exact) mass is 269 g/mol. The molecule has 0 aromatic carbocycles. The summed E-state index contributed by atoms with van der Waals surface area (Å²) in [6, 6.07) is -0.170. The van der Waals surface area contributed by atoms with E-state index in [1.807, 2.05) is 13.1 Å². The average molecular weight is 269 g/mol. The quantitative estimate of drug-likeness (QED) is 0.795. The van der Waals surface area contributed by atoms with Gasteiger partial charge in [-0.2, -0.15) is 0 Å². The highest BCUT2D eigenvalue weighted by molar-refractivity contribution is 7.11. The average Bonchev–Trinajstić information content (AvgIpc) is 2.80. The second-order valence-corrected chi connectivity index (χ2v) is 6.02. The molecule has 1 heterocycles. The lowest BCUT2D eigenvalue weighted by Gasteiger charge is -2.14. The van der Waals surface area contributed by atoms with Crippen LogP contribution in [0.4, 0.5) is 0 Å². The van der Waals surface area contributed by atoms with Crippen molar-refractivity contribution in [1.29, 1.82) is 0 Å². The first-order chi connectivity index (χ1) is 8.52. The minimum Gasteiger partial charge on any atom is -0.354 e. The zero-order valence-electron chi connectivity index (χ0n) is 11.6. The van der Waals surface area contributed by atoms with E-state index < -0.39 is 0 Å². The van der Waals surface area contributed by atoms with E-state index in [1.54, 1.807) is 11.3 Å². The molecular weight excluding hydrogens is 246 g/mol. The lowest BCUT2D eigenvalue weighted by atomic mass is 10.2. The van der Waals surface area contributed by atoms with Crippen LogP contribution in [0, 0.1) is 5.92 Å². The maximum atomic E-state index is 11.7. The van der Waals surface area contributed by atoms with Crippen LogP contribution in [0.15, 0.2) is 6.20 Å². The standard InChI is InChI=1S/C13H23N3OS/c1-5-12-15-8-11(18-12)7-14-10(4)13(17)16-6-9(2)3/h8-10,14H,5-7H2,1-4H3,(H,16,17). The first-order valence-corrected chi connectivity index (χ1v) is 7.29. The molecule has 1 amide bonds. The molecule has 1 aromatic heterocycles. The number of hydrogen-bond donors (Lipinski definition) is 2. The molecule has 0 aliphatic rings. The summed E-state index contributed by atoms with van der Waals surface area (Å²) in [6.45, 7) is 9.58. The Balaban J connectivity index is 2.31. The highest BCUT2D eigenvalue weighted by atomic mass is 32.1. The van der Waals surface area contributed by atoms with Crippen LogP contribution in [0.5, 0.6) is 0 Å². The molecule has 0 saturated heterocycles. The van der Waals surface area contributed by atoms with Gasteiger partial charge in [-0.3, -0.25) is 4.79 Å². The van der Waals surface area contributed by atoms with Crippen molar-refractivity contribution in [3.05, 3.63) is 16.1 Å². The van der Waals surface area contributed by atoms with Crippen molar-refractivity contribution in [2.75, 3.05) is 6.54 Å². The molecule has 0 spiro atoms. The summed E-state index contributed by atoms with van der Waals surface area (Å²) in [6.07, 6.45) is 2.85. The van der Waals surface area contributed by atoms with E-state index in [9.17, 15) is 4.79 Å². The zero-order chi connectivity index (χ0) is 13.5. The van der Waals surface area contributed by atoms with Gasteiger partial charge >= 0.3 is 0 Å². The molecule has 1 aromatic rings. The van der Waals surface area contributed by atoms with Crippen LogP contribution in [-0.4, -0.2) is 23.5 Å². The van der Waals surface area contributed by atoms with Gasteiger partial charge in [0, 0.05) is 24.2 Å². The first-order valence-electron chi connectivity index (χ1n) is 6.47. The van der Waals surface area contributed by atoms with E-state index in [0.29, 0.717) is 12.5 Å². The van der Waals surface area contributed by atoms with Gasteiger partial charge in [0.15, 0.2) is 0 Å². The number of carbonyl (C=O) groups is 1. The number of nitrogens with zero attached hydrogens (tertiary/aromatic N) is 1. The Kier molecular flexibility index (Phi) is 6.29. The van der Waals surface area contributed by atoms with Crippen molar-refractivity contribution in [2.45, 2.75) is 46.7 Å². The molecule has 4 nitrogen and oxygen atoms in total. The Morgan fingerprint density at radius 3 is 2.72 bits per heavy atom. The number of hydrogen-bond acceptors (Lipinski definition) is 4. The molecule has 0 aliphatic heterocycles. The smallest absolute Gasteiger partial charge is 0.236 e. The fourth-order valence-corrected chi connectivity index (χ4v) is 2.21. The van der Waals surface area contributed by atoms with Gasteiger partial charge in [-0.1, -0.05) is 20.8 Å². The molecule has 5 heteroatoms. The summed E-state index contributed by atoms with van der Waals surface area (Å²) in [5.41, 5.74) is 0. The Morgan fingerprint density at radius 1 is 1.44 bits per heavy atom. The zero-order valence-corrected chi connectivity index (χ0v) is 12.4. The van der Waals surface area contributed by atoms with Gasteiger partial charge < -0.3 is 10.6 Å². The SMILES string of the molecule is CCc1ncc(CNC(C)C(=O)NCC(C)C)s1. The van der Waals surface area contributed by atoms with Crippen molar-refractivity contribution in [3.63, 3.8) is 0 Å². The topological polar surface area (TPSA) is 54.0 Å². The second-order valence-electron chi connectivity index (χ2n) is 4.82. The molecule has 1 rings (SSSR count). The van der Waals surface area contributed by atoms with E-state index in [2.05, 4.69) is 36.4 Å². The highest BCUT2D eigenvalue weighted by Crippen LogP contribution is 2.12. The molecule has 0 saturated carbocycles. The number of nitrogens with one attached hydrogen (secondary N) is 2. The van der Waals surface area contributed by atoms with Crippen molar-refractivity contribution in [3.8, 4) is 0 Å². The molecule has 2 N–H and O–H groups in total. The normalized spacial score (nSPS) is 12.7. The third-order valence-corrected chi connectivity index (χ3v) is 3.71. The third-order valence-electron chi connectivity index (χ3n) is 2.56. The Hall–Kier alpha value is -0.940. The molecule has 0 bridgehead atoms. The van der Waals surface area contributed by atoms with Gasteiger partial charge in [-0.25, -0.2) is 4.98 Å². The number of amides is 1. The van der Waals surface area contributed by atoms with Crippen LogP contribution in [0.3, 0.4) is 0 Å². The van der Waals surface area contributed by atoms with Gasteiger partial charge in [0.25, 0.3) is 0 Å². The van der Waals surface area contributed by atoms with Crippen molar-refractivity contribution >= 4 is 17.2 Å². The Bertz CT molecular complexity index is 376. The molecular formula is C13H23N3OS. The Morgan fingerprint density at radius 2 is 2.17 bits per heavy atom. The van der Waals surface area contributed by atoms with Gasteiger partial charge in [0.2, 0.25) is 5.91 Å². The van der Waals surface area contributed by atoms with Gasteiger partial charge in [-0.15, -0.1) is 11.3 Å². The number of thiazole rings is 1. The van der Waals surface area contributed by atoms with Gasteiger partial charge in [0.1, 0.15) is 0 Å². The van der Waals surface area contributed by atoms with Crippen molar-refractivity contribution in [2.24, 2.45) is 5.92 Å². The largest absolute Gasteiger partial charge is 0.354 e. The van der Waals surface area contributed by atoms with Crippen LogP contribution in [-0.2, 0) is 17.8 Å². The lowest BCUT2D eigenvalue weighted by Crippen LogP contribution is -2.42. The lowest BCUT2D eigenvalue weighted by molar-refractivity contribution is -0.122.